The van der Waals surface area contributed by atoms with Gasteiger partial charge in [0.25, 0.3) is 11.6 Å². The van der Waals surface area contributed by atoms with E-state index < -0.39 is 4.92 Å². The van der Waals surface area contributed by atoms with Gasteiger partial charge in [0.2, 0.25) is 0 Å². The standard InChI is InChI=1S/C13H18N4O3/c1-3-14-12-7-10(11(8-15-12)17(19)20)13(18)16-6-4-5-9(16)2/h7-9H,3-6H2,1-2H3,(H,14,15). The van der Waals surface area contributed by atoms with Crippen LogP contribution in [0.25, 0.3) is 0 Å². The minimum Gasteiger partial charge on any atom is -0.370 e. The number of amides is 1. The van der Waals surface area contributed by atoms with Gasteiger partial charge in [-0.1, -0.05) is 0 Å². The lowest BCUT2D eigenvalue weighted by molar-refractivity contribution is -0.385. The van der Waals surface area contributed by atoms with Crippen LogP contribution in [0.4, 0.5) is 11.5 Å². The summed E-state index contributed by atoms with van der Waals surface area (Å²) in [5.41, 5.74) is -0.134. The fraction of sp³-hybridized carbons (Fsp3) is 0.538. The van der Waals surface area contributed by atoms with Crippen molar-refractivity contribution in [2.24, 2.45) is 0 Å². The van der Waals surface area contributed by atoms with Crippen LogP contribution in [-0.2, 0) is 0 Å². The van der Waals surface area contributed by atoms with E-state index in [1.807, 2.05) is 13.8 Å². The van der Waals surface area contributed by atoms with Gasteiger partial charge < -0.3 is 10.2 Å². The average molecular weight is 278 g/mol. The van der Waals surface area contributed by atoms with Gasteiger partial charge in [0.15, 0.2) is 0 Å². The number of hydrogen-bond donors (Lipinski definition) is 1. The normalized spacial score (nSPS) is 18.1. The molecule has 1 saturated heterocycles. The number of nitro groups is 1. The van der Waals surface area contributed by atoms with Gasteiger partial charge in [-0.15, -0.1) is 0 Å². The minimum atomic E-state index is -0.559. The Bertz CT molecular complexity index is 532. The number of aromatic nitrogens is 1. The van der Waals surface area contributed by atoms with Crippen LogP contribution in [0.3, 0.4) is 0 Å². The number of likely N-dealkylation sites (tertiary alicyclic amines) is 1. The fourth-order valence-electron chi connectivity index (χ4n) is 2.43. The van der Waals surface area contributed by atoms with E-state index >= 15 is 0 Å². The molecule has 1 unspecified atom stereocenters. The van der Waals surface area contributed by atoms with E-state index in [1.165, 1.54) is 6.07 Å². The Kier molecular flexibility index (Phi) is 4.16. The third-order valence-corrected chi connectivity index (χ3v) is 3.48. The summed E-state index contributed by atoms with van der Waals surface area (Å²) < 4.78 is 0. The molecule has 0 bridgehead atoms. The van der Waals surface area contributed by atoms with Gasteiger partial charge in [0.1, 0.15) is 17.6 Å². The molecule has 2 rings (SSSR count). The first-order chi connectivity index (χ1) is 9.54. The lowest BCUT2D eigenvalue weighted by Crippen LogP contribution is -2.34. The molecule has 0 saturated carbocycles. The monoisotopic (exact) mass is 278 g/mol. The summed E-state index contributed by atoms with van der Waals surface area (Å²) in [6, 6.07) is 1.59. The number of carbonyl (C=O) groups is 1. The molecule has 0 spiro atoms. The Morgan fingerprint density at radius 3 is 2.95 bits per heavy atom. The first-order valence-corrected chi connectivity index (χ1v) is 6.74. The van der Waals surface area contributed by atoms with E-state index in [4.69, 9.17) is 0 Å². The quantitative estimate of drug-likeness (QED) is 0.672. The smallest absolute Gasteiger partial charge is 0.300 e. The van der Waals surface area contributed by atoms with Crippen molar-refractivity contribution in [2.75, 3.05) is 18.4 Å². The van der Waals surface area contributed by atoms with Crippen molar-refractivity contribution in [3.8, 4) is 0 Å². The number of anilines is 1. The van der Waals surface area contributed by atoms with Crippen LogP contribution >= 0.6 is 0 Å². The fourth-order valence-corrected chi connectivity index (χ4v) is 2.43. The highest BCUT2D eigenvalue weighted by molar-refractivity contribution is 5.99. The zero-order valence-electron chi connectivity index (χ0n) is 11.6. The molecule has 1 N–H and O–H groups in total. The second-order valence-corrected chi connectivity index (χ2v) is 4.86. The average Bonchev–Trinajstić information content (AvgIpc) is 2.84. The Labute approximate surface area is 117 Å². The van der Waals surface area contributed by atoms with Gasteiger partial charge in [-0.3, -0.25) is 14.9 Å². The van der Waals surface area contributed by atoms with E-state index in [0.717, 1.165) is 19.0 Å². The van der Waals surface area contributed by atoms with Crippen molar-refractivity contribution in [3.63, 3.8) is 0 Å². The molecule has 1 atom stereocenters. The van der Waals surface area contributed by atoms with E-state index in [0.29, 0.717) is 18.9 Å². The molecular weight excluding hydrogens is 260 g/mol. The highest BCUT2D eigenvalue weighted by Gasteiger charge is 2.31. The maximum Gasteiger partial charge on any atom is 0.300 e. The zero-order valence-corrected chi connectivity index (χ0v) is 11.6. The van der Waals surface area contributed by atoms with Gasteiger partial charge in [0.05, 0.1) is 4.92 Å². The summed E-state index contributed by atoms with van der Waals surface area (Å²) in [6.07, 6.45) is 3.02. The van der Waals surface area contributed by atoms with Crippen molar-refractivity contribution in [2.45, 2.75) is 32.7 Å². The van der Waals surface area contributed by atoms with Crippen molar-refractivity contribution < 1.29 is 9.72 Å². The third kappa shape index (κ3) is 2.71. The molecule has 1 aromatic heterocycles. The number of carbonyl (C=O) groups excluding carboxylic acids is 1. The van der Waals surface area contributed by atoms with Gasteiger partial charge >= 0.3 is 0 Å². The van der Waals surface area contributed by atoms with E-state index in [2.05, 4.69) is 10.3 Å². The van der Waals surface area contributed by atoms with Crippen LogP contribution in [0.1, 0.15) is 37.0 Å². The number of nitrogens with zero attached hydrogens (tertiary/aromatic N) is 3. The van der Waals surface area contributed by atoms with Crippen LogP contribution in [0.2, 0.25) is 0 Å². The van der Waals surface area contributed by atoms with Gasteiger partial charge in [0, 0.05) is 25.2 Å². The van der Waals surface area contributed by atoms with Crippen LogP contribution in [0.5, 0.6) is 0 Å². The number of hydrogen-bond acceptors (Lipinski definition) is 5. The van der Waals surface area contributed by atoms with Crippen LogP contribution < -0.4 is 5.32 Å². The molecular formula is C13H18N4O3. The molecule has 1 aromatic rings. The minimum absolute atomic E-state index is 0.106. The lowest BCUT2D eigenvalue weighted by Gasteiger charge is -2.21. The summed E-state index contributed by atoms with van der Waals surface area (Å²) >= 11 is 0. The van der Waals surface area contributed by atoms with Crippen molar-refractivity contribution >= 4 is 17.4 Å². The van der Waals surface area contributed by atoms with E-state index in [9.17, 15) is 14.9 Å². The maximum atomic E-state index is 12.5. The van der Waals surface area contributed by atoms with Crippen molar-refractivity contribution in [1.82, 2.24) is 9.88 Å². The predicted octanol–water partition coefficient (Wildman–Crippen LogP) is 2.05. The zero-order chi connectivity index (χ0) is 14.7. The highest BCUT2D eigenvalue weighted by atomic mass is 16.6. The first-order valence-electron chi connectivity index (χ1n) is 6.74. The molecule has 0 aromatic carbocycles. The topological polar surface area (TPSA) is 88.4 Å². The molecule has 1 amide bonds. The Morgan fingerprint density at radius 1 is 1.65 bits per heavy atom. The second kappa shape index (κ2) is 5.85. The van der Waals surface area contributed by atoms with Gasteiger partial charge in [-0.25, -0.2) is 4.98 Å². The molecule has 7 nitrogen and oxygen atoms in total. The van der Waals surface area contributed by atoms with Crippen LogP contribution in [0.15, 0.2) is 12.3 Å². The van der Waals surface area contributed by atoms with E-state index in [-0.39, 0.29) is 23.2 Å². The molecule has 1 aliphatic rings. The molecule has 2 heterocycles. The van der Waals surface area contributed by atoms with Gasteiger partial charge in [-0.2, -0.15) is 0 Å². The summed E-state index contributed by atoms with van der Waals surface area (Å²) in [4.78, 5) is 28.7. The SMILES string of the molecule is CCNc1cc(C(=O)N2CCCC2C)c([N+](=O)[O-])cn1. The Balaban J connectivity index is 2.38. The molecule has 1 fully saturated rings. The molecule has 7 heteroatoms. The predicted molar refractivity (Wildman–Crippen MR) is 74.8 cm³/mol. The van der Waals surface area contributed by atoms with Crippen molar-refractivity contribution in [1.29, 1.82) is 0 Å². The maximum absolute atomic E-state index is 12.5. The number of nitrogens with one attached hydrogen (secondary N) is 1. The first kappa shape index (κ1) is 14.2. The number of rotatable bonds is 4. The van der Waals surface area contributed by atoms with Gasteiger partial charge in [-0.05, 0) is 26.7 Å². The molecule has 108 valence electrons. The van der Waals surface area contributed by atoms with Crippen LogP contribution in [0, 0.1) is 10.1 Å². The second-order valence-electron chi connectivity index (χ2n) is 4.86. The molecule has 0 radical (unpaired) electrons. The summed E-state index contributed by atoms with van der Waals surface area (Å²) in [7, 11) is 0. The van der Waals surface area contributed by atoms with Crippen molar-refractivity contribution in [3.05, 3.63) is 27.9 Å². The molecule has 20 heavy (non-hydrogen) atoms. The molecule has 0 aliphatic carbocycles. The summed E-state index contributed by atoms with van der Waals surface area (Å²) in [5, 5.41) is 14.0. The highest BCUT2D eigenvalue weighted by Crippen LogP contribution is 2.26. The van der Waals surface area contributed by atoms with Crippen LogP contribution in [-0.4, -0.2) is 39.8 Å². The Morgan fingerprint density at radius 2 is 2.40 bits per heavy atom. The largest absolute Gasteiger partial charge is 0.370 e. The Hall–Kier alpha value is -2.18. The summed E-state index contributed by atoms with van der Waals surface area (Å²) in [5.74, 6) is 0.191. The number of pyridine rings is 1. The third-order valence-electron chi connectivity index (χ3n) is 3.48. The lowest BCUT2D eigenvalue weighted by atomic mass is 10.1. The summed E-state index contributed by atoms with van der Waals surface area (Å²) in [6.45, 7) is 5.14. The van der Waals surface area contributed by atoms with E-state index in [1.54, 1.807) is 4.90 Å². The molecule has 1 aliphatic heterocycles.